The summed E-state index contributed by atoms with van der Waals surface area (Å²) in [5.41, 5.74) is 2.30. The molecule has 1 aliphatic heterocycles. The third kappa shape index (κ3) is 5.23. The molecule has 2 heterocycles. The summed E-state index contributed by atoms with van der Waals surface area (Å²) in [7, 11) is 5.86. The Bertz CT molecular complexity index is 897. The van der Waals surface area contributed by atoms with Crippen molar-refractivity contribution in [2.45, 2.75) is 58.5 Å². The van der Waals surface area contributed by atoms with Gasteiger partial charge in [0.2, 0.25) is 0 Å². The first-order valence-corrected chi connectivity index (χ1v) is 12.3. The van der Waals surface area contributed by atoms with Gasteiger partial charge in [0.05, 0.1) is 17.7 Å². The van der Waals surface area contributed by atoms with Crippen molar-refractivity contribution >= 4 is 33.9 Å². The number of nitrogens with one attached hydrogen (secondary N) is 1. The highest BCUT2D eigenvalue weighted by atomic mass is 32.1. The number of hydrogen-bond donors (Lipinski definition) is 1. The van der Waals surface area contributed by atoms with E-state index < -0.39 is 5.92 Å². The summed E-state index contributed by atoms with van der Waals surface area (Å²) in [5.74, 6) is -0.483. The van der Waals surface area contributed by atoms with Gasteiger partial charge in [-0.1, -0.05) is 0 Å². The number of carbonyl (C=O) groups is 2. The first-order valence-electron chi connectivity index (χ1n) is 11.4. The maximum absolute atomic E-state index is 13.0. The number of rotatable bonds is 8. The Balaban J connectivity index is 1.66. The number of hydrogen-bond acceptors (Lipinski definition) is 6. The standard InChI is InChI=1S/C24H36N4O3S/c1-7-28(18-10-8-17(9-11-18)27(4)5)24-16(3)20(14-32-24)22(29)25-13-19-21(31-6)12-15(2)26-23(19)30/h12,14,17-19H,7-11,13H2,1-6H3,(H,25,29). The topological polar surface area (TPSA) is 74.2 Å². The Morgan fingerprint density at radius 2 is 1.88 bits per heavy atom. The van der Waals surface area contributed by atoms with E-state index in [9.17, 15) is 9.59 Å². The van der Waals surface area contributed by atoms with E-state index in [1.807, 2.05) is 12.3 Å². The lowest BCUT2D eigenvalue weighted by atomic mass is 9.89. The van der Waals surface area contributed by atoms with Crippen LogP contribution in [0.1, 0.15) is 55.5 Å². The molecule has 0 saturated heterocycles. The number of nitrogens with zero attached hydrogens (tertiary/aromatic N) is 3. The molecule has 1 atom stereocenters. The molecule has 0 radical (unpaired) electrons. The summed E-state index contributed by atoms with van der Waals surface area (Å²) >= 11 is 1.64. The summed E-state index contributed by atoms with van der Waals surface area (Å²) in [5, 5.41) is 6.03. The predicted octanol–water partition coefficient (Wildman–Crippen LogP) is 3.63. The summed E-state index contributed by atoms with van der Waals surface area (Å²) in [4.78, 5) is 34.1. The zero-order chi connectivity index (χ0) is 23.4. The second-order valence-electron chi connectivity index (χ2n) is 8.90. The van der Waals surface area contributed by atoms with Crippen LogP contribution >= 0.6 is 11.3 Å². The highest BCUT2D eigenvalue weighted by Gasteiger charge is 2.30. The Morgan fingerprint density at radius 1 is 1.22 bits per heavy atom. The predicted molar refractivity (Wildman–Crippen MR) is 131 cm³/mol. The summed E-state index contributed by atoms with van der Waals surface area (Å²) < 4.78 is 5.35. The smallest absolute Gasteiger partial charge is 0.258 e. The summed E-state index contributed by atoms with van der Waals surface area (Å²) in [6.07, 6.45) is 6.50. The van der Waals surface area contributed by atoms with Crippen molar-refractivity contribution in [1.82, 2.24) is 10.2 Å². The van der Waals surface area contributed by atoms with Crippen LogP contribution in [0.5, 0.6) is 0 Å². The van der Waals surface area contributed by atoms with E-state index in [0.717, 1.165) is 12.1 Å². The number of aliphatic imine (C=N–C) groups is 1. The molecule has 1 N–H and O–H groups in total. The van der Waals surface area contributed by atoms with E-state index in [1.54, 1.807) is 24.3 Å². The third-order valence-electron chi connectivity index (χ3n) is 6.68. The largest absolute Gasteiger partial charge is 0.500 e. The second-order valence-corrected chi connectivity index (χ2v) is 9.75. The molecule has 1 aliphatic carbocycles. The van der Waals surface area contributed by atoms with E-state index in [2.05, 4.69) is 41.1 Å². The van der Waals surface area contributed by atoms with Crippen molar-refractivity contribution < 1.29 is 14.3 Å². The van der Waals surface area contributed by atoms with Crippen molar-refractivity contribution in [3.05, 3.63) is 28.3 Å². The summed E-state index contributed by atoms with van der Waals surface area (Å²) in [6.45, 7) is 7.07. The van der Waals surface area contributed by atoms with Crippen LogP contribution < -0.4 is 10.2 Å². The van der Waals surface area contributed by atoms with Crippen molar-refractivity contribution in [2.75, 3.05) is 39.2 Å². The Morgan fingerprint density at radius 3 is 2.47 bits per heavy atom. The van der Waals surface area contributed by atoms with Crippen LogP contribution in [-0.4, -0.2) is 68.8 Å². The fourth-order valence-electron chi connectivity index (χ4n) is 4.76. The molecule has 0 aromatic carbocycles. The van der Waals surface area contributed by atoms with Crippen molar-refractivity contribution in [1.29, 1.82) is 0 Å². The maximum atomic E-state index is 13.0. The molecule has 1 unspecified atom stereocenters. The molecule has 2 amide bonds. The molecular formula is C24H36N4O3S. The molecule has 8 heteroatoms. The van der Waals surface area contributed by atoms with Crippen LogP contribution in [0.4, 0.5) is 5.00 Å². The molecule has 1 aromatic heterocycles. The normalized spacial score (nSPS) is 23.6. The molecule has 0 bridgehead atoms. The number of carbonyl (C=O) groups excluding carboxylic acids is 2. The number of methoxy groups -OCH3 is 1. The van der Waals surface area contributed by atoms with Gasteiger partial charge in [-0.05, 0) is 72.2 Å². The van der Waals surface area contributed by atoms with Gasteiger partial charge in [0.1, 0.15) is 11.7 Å². The lowest BCUT2D eigenvalue weighted by Gasteiger charge is -2.39. The van der Waals surface area contributed by atoms with Gasteiger partial charge in [-0.25, -0.2) is 4.99 Å². The number of anilines is 1. The fourth-order valence-corrected chi connectivity index (χ4v) is 5.97. The van der Waals surface area contributed by atoms with Crippen LogP contribution in [-0.2, 0) is 9.53 Å². The first-order chi connectivity index (χ1) is 15.3. The highest BCUT2D eigenvalue weighted by molar-refractivity contribution is 7.14. The first kappa shape index (κ1) is 24.5. The molecule has 0 spiro atoms. The molecule has 1 aromatic rings. The van der Waals surface area contributed by atoms with Gasteiger partial charge in [-0.2, -0.15) is 0 Å². The Kier molecular flexibility index (Phi) is 8.11. The van der Waals surface area contributed by atoms with Crippen molar-refractivity contribution in [3.8, 4) is 0 Å². The number of ether oxygens (including phenoxy) is 1. The SMILES string of the molecule is CCN(c1scc(C(=O)NCC2C(=O)N=C(C)C=C2OC)c1C)C1CCC(N(C)C)CC1. The van der Waals surface area contributed by atoms with Gasteiger partial charge in [0.15, 0.2) is 0 Å². The van der Waals surface area contributed by atoms with Crippen molar-refractivity contribution in [3.63, 3.8) is 0 Å². The molecule has 2 aliphatic rings. The minimum absolute atomic E-state index is 0.160. The minimum atomic E-state index is -0.579. The van der Waals surface area contributed by atoms with E-state index in [-0.39, 0.29) is 18.4 Å². The number of thiophene rings is 1. The van der Waals surface area contributed by atoms with Crippen LogP contribution in [0, 0.1) is 12.8 Å². The molecule has 7 nitrogen and oxygen atoms in total. The molecule has 3 rings (SSSR count). The zero-order valence-corrected chi connectivity index (χ0v) is 20.9. The molecule has 32 heavy (non-hydrogen) atoms. The van der Waals surface area contributed by atoms with E-state index in [1.165, 1.54) is 37.8 Å². The molecule has 1 fully saturated rings. The van der Waals surface area contributed by atoms with E-state index in [4.69, 9.17) is 4.74 Å². The number of allylic oxidation sites excluding steroid dienone is 1. The van der Waals surface area contributed by atoms with E-state index in [0.29, 0.717) is 29.1 Å². The second kappa shape index (κ2) is 10.6. The highest BCUT2D eigenvalue weighted by Crippen LogP contribution is 2.36. The molecule has 176 valence electrons. The van der Waals surface area contributed by atoms with Crippen molar-refractivity contribution in [2.24, 2.45) is 10.9 Å². The maximum Gasteiger partial charge on any atom is 0.258 e. The third-order valence-corrected chi connectivity index (χ3v) is 7.80. The van der Waals surface area contributed by atoms with Gasteiger partial charge >= 0.3 is 0 Å². The lowest BCUT2D eigenvalue weighted by molar-refractivity contribution is -0.121. The average Bonchev–Trinajstić information content (AvgIpc) is 3.14. The number of amides is 2. The Labute approximate surface area is 195 Å². The van der Waals surface area contributed by atoms with Gasteiger partial charge in [-0.3, -0.25) is 9.59 Å². The molecule has 1 saturated carbocycles. The summed E-state index contributed by atoms with van der Waals surface area (Å²) in [6, 6.07) is 1.18. The van der Waals surface area contributed by atoms with Gasteiger partial charge in [-0.15, -0.1) is 11.3 Å². The van der Waals surface area contributed by atoms with Crippen LogP contribution in [0.3, 0.4) is 0 Å². The Hall–Kier alpha value is -2.19. The van der Waals surface area contributed by atoms with E-state index >= 15 is 0 Å². The average molecular weight is 461 g/mol. The van der Waals surface area contributed by atoms with Gasteiger partial charge in [0, 0.05) is 36.3 Å². The minimum Gasteiger partial charge on any atom is -0.500 e. The molecular weight excluding hydrogens is 424 g/mol. The van der Waals surface area contributed by atoms with Crippen LogP contribution in [0.25, 0.3) is 0 Å². The fraction of sp³-hybridized carbons (Fsp3) is 0.625. The van der Waals surface area contributed by atoms with Gasteiger partial charge < -0.3 is 19.9 Å². The van der Waals surface area contributed by atoms with Crippen LogP contribution in [0.2, 0.25) is 0 Å². The lowest BCUT2D eigenvalue weighted by Crippen LogP contribution is -2.42. The zero-order valence-electron chi connectivity index (χ0n) is 20.1. The van der Waals surface area contributed by atoms with Crippen LogP contribution in [0.15, 0.2) is 22.2 Å². The van der Waals surface area contributed by atoms with Gasteiger partial charge in [0.25, 0.3) is 11.8 Å². The quantitative estimate of drug-likeness (QED) is 0.641. The monoisotopic (exact) mass is 460 g/mol. The number of dihydropyridines is 1.